The molecule has 7 heteroatoms. The number of hydrogen-bond donors (Lipinski definition) is 2. The summed E-state index contributed by atoms with van der Waals surface area (Å²) in [7, 11) is 0. The maximum absolute atomic E-state index is 12.6. The quantitative estimate of drug-likeness (QED) is 0.646. The van der Waals surface area contributed by atoms with Gasteiger partial charge in [-0.1, -0.05) is 42.5 Å². The molecule has 6 nitrogen and oxygen atoms in total. The van der Waals surface area contributed by atoms with Crippen LogP contribution in [0.3, 0.4) is 0 Å². The van der Waals surface area contributed by atoms with E-state index in [2.05, 4.69) is 15.5 Å². The van der Waals surface area contributed by atoms with Gasteiger partial charge in [-0.25, -0.2) is 0 Å². The Labute approximate surface area is 188 Å². The van der Waals surface area contributed by atoms with Crippen molar-refractivity contribution >= 4 is 28.8 Å². The Morgan fingerprint density at radius 3 is 2.52 bits per heavy atom. The predicted molar refractivity (Wildman–Crippen MR) is 125 cm³/mol. The number of nitrogens with one attached hydrogen (secondary N) is 2. The molecule has 0 bridgehead atoms. The smallest absolute Gasteiger partial charge is 0.171 e. The average Bonchev–Trinajstić information content (AvgIpc) is 2.80. The number of rotatable bonds is 7. The van der Waals surface area contributed by atoms with E-state index in [0.29, 0.717) is 17.3 Å². The molecule has 2 N–H and O–H groups in total. The Bertz CT molecular complexity index is 954. The molecule has 0 amide bonds. The fourth-order valence-electron chi connectivity index (χ4n) is 3.90. The molecule has 2 aromatic carbocycles. The van der Waals surface area contributed by atoms with Crippen molar-refractivity contribution in [3.05, 3.63) is 71.3 Å². The molecule has 1 fully saturated rings. The summed E-state index contributed by atoms with van der Waals surface area (Å²) in [6.45, 7) is 6.58. The SMILES string of the molecule is CC(=O)C1=C(c2ccccc2)NC(=S)NC1c1ccc(OCCN2CCOCC2)cc1. The van der Waals surface area contributed by atoms with E-state index < -0.39 is 0 Å². The Hall–Kier alpha value is -2.74. The van der Waals surface area contributed by atoms with Gasteiger partial charge < -0.3 is 20.1 Å². The number of benzene rings is 2. The van der Waals surface area contributed by atoms with Crippen LogP contribution in [-0.4, -0.2) is 55.3 Å². The Morgan fingerprint density at radius 1 is 1.13 bits per heavy atom. The second-order valence-corrected chi connectivity index (χ2v) is 8.02. The maximum Gasteiger partial charge on any atom is 0.171 e. The molecule has 0 aliphatic carbocycles. The third-order valence-electron chi connectivity index (χ3n) is 5.51. The minimum atomic E-state index is -0.316. The van der Waals surface area contributed by atoms with Gasteiger partial charge in [0, 0.05) is 25.2 Å². The maximum atomic E-state index is 12.6. The molecule has 4 rings (SSSR count). The molecule has 2 heterocycles. The first-order valence-electron chi connectivity index (χ1n) is 10.5. The van der Waals surface area contributed by atoms with E-state index in [1.54, 1.807) is 6.92 Å². The number of hydrogen-bond acceptors (Lipinski definition) is 5. The molecule has 1 unspecified atom stereocenters. The lowest BCUT2D eigenvalue weighted by Crippen LogP contribution is -2.44. The van der Waals surface area contributed by atoms with Crippen LogP contribution in [0.2, 0.25) is 0 Å². The summed E-state index contributed by atoms with van der Waals surface area (Å²) in [4.78, 5) is 15.0. The van der Waals surface area contributed by atoms with E-state index in [1.165, 1.54) is 0 Å². The molecule has 1 atom stereocenters. The second-order valence-electron chi connectivity index (χ2n) is 7.61. The monoisotopic (exact) mass is 437 g/mol. The highest BCUT2D eigenvalue weighted by molar-refractivity contribution is 7.80. The summed E-state index contributed by atoms with van der Waals surface area (Å²) in [6.07, 6.45) is 0. The van der Waals surface area contributed by atoms with Crippen LogP contribution in [0.5, 0.6) is 5.75 Å². The molecule has 0 radical (unpaired) electrons. The number of nitrogens with zero attached hydrogens (tertiary/aromatic N) is 1. The van der Waals surface area contributed by atoms with Gasteiger partial charge in [0.25, 0.3) is 0 Å². The van der Waals surface area contributed by atoms with Crippen LogP contribution in [0.25, 0.3) is 5.70 Å². The van der Waals surface area contributed by atoms with Crippen molar-refractivity contribution in [2.45, 2.75) is 13.0 Å². The van der Waals surface area contributed by atoms with Gasteiger partial charge in [-0.15, -0.1) is 0 Å². The highest BCUT2D eigenvalue weighted by Gasteiger charge is 2.30. The van der Waals surface area contributed by atoms with Crippen LogP contribution in [0.1, 0.15) is 24.1 Å². The van der Waals surface area contributed by atoms with Crippen molar-refractivity contribution in [3.63, 3.8) is 0 Å². The highest BCUT2D eigenvalue weighted by Crippen LogP contribution is 2.32. The van der Waals surface area contributed by atoms with E-state index in [4.69, 9.17) is 21.7 Å². The molecular formula is C24H27N3O3S. The first-order chi connectivity index (χ1) is 15.1. The summed E-state index contributed by atoms with van der Waals surface area (Å²) in [5.41, 5.74) is 3.32. The van der Waals surface area contributed by atoms with Crippen molar-refractivity contribution in [2.75, 3.05) is 39.5 Å². The average molecular weight is 438 g/mol. The first kappa shape index (κ1) is 21.5. The summed E-state index contributed by atoms with van der Waals surface area (Å²) >= 11 is 5.44. The molecule has 0 spiro atoms. The van der Waals surface area contributed by atoms with E-state index in [0.717, 1.165) is 55.4 Å². The molecule has 162 valence electrons. The van der Waals surface area contributed by atoms with Crippen molar-refractivity contribution < 1.29 is 14.3 Å². The lowest BCUT2D eigenvalue weighted by molar-refractivity contribution is -0.113. The number of carbonyl (C=O) groups is 1. The van der Waals surface area contributed by atoms with Gasteiger partial charge in [-0.3, -0.25) is 9.69 Å². The Kier molecular flexibility index (Phi) is 6.96. The topological polar surface area (TPSA) is 62.8 Å². The summed E-state index contributed by atoms with van der Waals surface area (Å²) in [6, 6.07) is 17.3. The molecule has 2 aliphatic rings. The number of ether oxygens (including phenoxy) is 2. The summed E-state index contributed by atoms with van der Waals surface area (Å²) < 4.78 is 11.3. The van der Waals surface area contributed by atoms with Gasteiger partial charge in [0.15, 0.2) is 10.9 Å². The normalized spacial score (nSPS) is 19.5. The molecule has 2 aliphatic heterocycles. The predicted octanol–water partition coefficient (Wildman–Crippen LogP) is 2.92. The van der Waals surface area contributed by atoms with Crippen LogP contribution in [0.15, 0.2) is 60.2 Å². The molecule has 1 saturated heterocycles. The standard InChI is InChI=1S/C24H27N3O3S/c1-17(28)21-22(18-5-3-2-4-6-18)25-24(31)26-23(21)19-7-9-20(10-8-19)30-16-13-27-11-14-29-15-12-27/h2-10,23H,11-16H2,1H3,(H2,25,26,31). The Balaban J connectivity index is 1.50. The van der Waals surface area contributed by atoms with Gasteiger partial charge >= 0.3 is 0 Å². The van der Waals surface area contributed by atoms with Gasteiger partial charge in [0.05, 0.1) is 25.0 Å². The lowest BCUT2D eigenvalue weighted by Gasteiger charge is -2.31. The van der Waals surface area contributed by atoms with Gasteiger partial charge in [-0.2, -0.15) is 0 Å². The first-order valence-corrected chi connectivity index (χ1v) is 10.9. The summed E-state index contributed by atoms with van der Waals surface area (Å²) in [5.74, 6) is 0.808. The van der Waals surface area contributed by atoms with Gasteiger partial charge in [0.2, 0.25) is 0 Å². The van der Waals surface area contributed by atoms with Crippen molar-refractivity contribution in [1.29, 1.82) is 0 Å². The van der Waals surface area contributed by atoms with E-state index in [9.17, 15) is 4.79 Å². The number of morpholine rings is 1. The number of ketones is 1. The second kappa shape index (κ2) is 10.0. The van der Waals surface area contributed by atoms with Crippen LogP contribution in [0.4, 0.5) is 0 Å². The van der Waals surface area contributed by atoms with E-state index in [-0.39, 0.29) is 11.8 Å². The molecule has 0 aromatic heterocycles. The largest absolute Gasteiger partial charge is 0.492 e. The molecule has 2 aromatic rings. The molecule has 0 saturated carbocycles. The van der Waals surface area contributed by atoms with Gasteiger partial charge in [-0.05, 0) is 42.4 Å². The minimum absolute atomic E-state index is 0.00260. The fourth-order valence-corrected chi connectivity index (χ4v) is 4.12. The highest BCUT2D eigenvalue weighted by atomic mass is 32.1. The third-order valence-corrected chi connectivity index (χ3v) is 5.73. The minimum Gasteiger partial charge on any atom is -0.492 e. The van der Waals surface area contributed by atoms with Crippen molar-refractivity contribution in [1.82, 2.24) is 15.5 Å². The molecule has 31 heavy (non-hydrogen) atoms. The number of thiocarbonyl (C=S) groups is 1. The van der Waals surface area contributed by atoms with Crippen molar-refractivity contribution in [2.24, 2.45) is 0 Å². The van der Waals surface area contributed by atoms with Crippen LogP contribution in [-0.2, 0) is 9.53 Å². The zero-order valence-corrected chi connectivity index (χ0v) is 18.4. The zero-order chi connectivity index (χ0) is 21.6. The van der Waals surface area contributed by atoms with E-state index in [1.807, 2.05) is 54.6 Å². The number of Topliss-reactive ketones (excluding diaryl/α,β-unsaturated/α-hetero) is 1. The molecular weight excluding hydrogens is 410 g/mol. The third kappa shape index (κ3) is 5.31. The van der Waals surface area contributed by atoms with Crippen LogP contribution >= 0.6 is 12.2 Å². The summed E-state index contributed by atoms with van der Waals surface area (Å²) in [5, 5.41) is 6.93. The lowest BCUT2D eigenvalue weighted by atomic mass is 9.90. The van der Waals surface area contributed by atoms with Gasteiger partial charge in [0.1, 0.15) is 12.4 Å². The number of carbonyl (C=O) groups excluding carboxylic acids is 1. The van der Waals surface area contributed by atoms with E-state index >= 15 is 0 Å². The Morgan fingerprint density at radius 2 is 1.84 bits per heavy atom. The van der Waals surface area contributed by atoms with Crippen molar-refractivity contribution in [3.8, 4) is 5.75 Å². The van der Waals surface area contributed by atoms with Crippen LogP contribution in [0, 0.1) is 0 Å². The fraction of sp³-hybridized carbons (Fsp3) is 0.333. The zero-order valence-electron chi connectivity index (χ0n) is 17.6. The van der Waals surface area contributed by atoms with Crippen LogP contribution < -0.4 is 15.4 Å².